The Morgan fingerprint density at radius 1 is 1.05 bits per heavy atom. The first kappa shape index (κ1) is 28.4. The first-order chi connectivity index (χ1) is 20.6. The summed E-state index contributed by atoms with van der Waals surface area (Å²) in [4.78, 5) is 77.3. The summed E-state index contributed by atoms with van der Waals surface area (Å²) in [7, 11) is 0. The van der Waals surface area contributed by atoms with Crippen molar-refractivity contribution in [1.29, 1.82) is 0 Å². The van der Waals surface area contributed by atoms with Crippen molar-refractivity contribution in [3.05, 3.63) is 63.0 Å². The van der Waals surface area contributed by atoms with Crippen LogP contribution in [0.25, 0.3) is 11.2 Å². The normalized spacial score (nSPS) is 16.9. The number of likely N-dealkylation sites (tertiary alicyclic amines) is 1. The molecule has 0 atom stereocenters. The predicted molar refractivity (Wildman–Crippen MR) is 155 cm³/mol. The molecule has 14 nitrogen and oxygen atoms in total. The molecule has 2 aromatic heterocycles. The van der Waals surface area contributed by atoms with Crippen molar-refractivity contribution in [2.24, 2.45) is 5.41 Å². The molecule has 2 saturated heterocycles. The van der Waals surface area contributed by atoms with Crippen molar-refractivity contribution in [3.63, 3.8) is 0 Å². The molecule has 1 aromatic carbocycles. The number of carboxylic acid groups (broad SMARTS) is 1. The van der Waals surface area contributed by atoms with Gasteiger partial charge in [-0.05, 0) is 36.6 Å². The summed E-state index contributed by atoms with van der Waals surface area (Å²) >= 11 is 5.95. The van der Waals surface area contributed by atoms with Crippen molar-refractivity contribution in [1.82, 2.24) is 35.0 Å². The largest absolute Gasteiger partial charge is 0.465 e. The predicted octanol–water partition coefficient (Wildman–Crippen LogP) is 1.51. The van der Waals surface area contributed by atoms with Gasteiger partial charge in [0.1, 0.15) is 17.6 Å². The van der Waals surface area contributed by atoms with Crippen molar-refractivity contribution < 1.29 is 24.3 Å². The van der Waals surface area contributed by atoms with E-state index < -0.39 is 17.6 Å². The lowest BCUT2D eigenvalue weighted by atomic mass is 9.97. The molecular formula is C28H29ClN8O6. The van der Waals surface area contributed by atoms with E-state index in [4.69, 9.17) is 16.7 Å². The molecule has 6 rings (SSSR count). The first-order valence-electron chi connectivity index (χ1n) is 13.9. The maximum atomic E-state index is 13.6. The second kappa shape index (κ2) is 11.2. The van der Waals surface area contributed by atoms with Crippen LogP contribution in [-0.4, -0.2) is 92.6 Å². The van der Waals surface area contributed by atoms with Crippen LogP contribution in [-0.2, 0) is 17.9 Å². The molecular weight excluding hydrogens is 580 g/mol. The molecule has 1 saturated carbocycles. The Labute approximate surface area is 250 Å². The van der Waals surface area contributed by atoms with Crippen LogP contribution in [0.15, 0.2) is 41.3 Å². The third-order valence-electron chi connectivity index (χ3n) is 8.07. The number of urea groups is 1. The van der Waals surface area contributed by atoms with E-state index in [0.717, 1.165) is 18.4 Å². The van der Waals surface area contributed by atoms with Crippen LogP contribution in [0, 0.1) is 5.41 Å². The van der Waals surface area contributed by atoms with Gasteiger partial charge in [0.15, 0.2) is 11.5 Å². The molecule has 3 fully saturated rings. The van der Waals surface area contributed by atoms with Gasteiger partial charge in [-0.3, -0.25) is 23.9 Å². The van der Waals surface area contributed by atoms with Crippen molar-refractivity contribution in [2.45, 2.75) is 25.9 Å². The number of hydrogen-bond donors (Lipinski definition) is 3. The highest BCUT2D eigenvalue weighted by Crippen LogP contribution is 2.52. The number of carbonyl (C=O) groups is 4. The first-order valence-corrected chi connectivity index (χ1v) is 14.2. The van der Waals surface area contributed by atoms with Crippen LogP contribution in [0.5, 0.6) is 0 Å². The van der Waals surface area contributed by atoms with Crippen LogP contribution in [0.1, 0.15) is 28.8 Å². The summed E-state index contributed by atoms with van der Waals surface area (Å²) in [6.45, 7) is 2.05. The Morgan fingerprint density at radius 3 is 2.49 bits per heavy atom. The molecule has 43 heavy (non-hydrogen) atoms. The molecule has 0 bridgehead atoms. The summed E-state index contributed by atoms with van der Waals surface area (Å²) in [5, 5.41) is 14.3. The highest BCUT2D eigenvalue weighted by Gasteiger charge is 2.53. The lowest BCUT2D eigenvalue weighted by Crippen LogP contribution is -2.53. The van der Waals surface area contributed by atoms with Crippen LogP contribution in [0.4, 0.5) is 15.4 Å². The Hall–Kier alpha value is -4.72. The summed E-state index contributed by atoms with van der Waals surface area (Å²) in [5.74, 6) is -0.690. The fourth-order valence-electron chi connectivity index (χ4n) is 5.42. The molecule has 3 aliphatic rings. The minimum absolute atomic E-state index is 0.0747. The molecule has 3 aromatic rings. The highest BCUT2D eigenvalue weighted by atomic mass is 35.5. The van der Waals surface area contributed by atoms with Crippen molar-refractivity contribution in [3.8, 4) is 0 Å². The van der Waals surface area contributed by atoms with Crippen LogP contribution in [0.2, 0.25) is 5.02 Å². The zero-order valence-corrected chi connectivity index (χ0v) is 23.8. The summed E-state index contributed by atoms with van der Waals surface area (Å²) in [5.41, 5.74) is 0.415. The number of carbonyl (C=O) groups excluding carboxylic acids is 3. The van der Waals surface area contributed by atoms with Gasteiger partial charge in [0, 0.05) is 56.3 Å². The molecule has 2 aliphatic heterocycles. The maximum absolute atomic E-state index is 13.6. The number of nitrogens with zero attached hydrogens (tertiary/aromatic N) is 6. The van der Waals surface area contributed by atoms with Gasteiger partial charge in [0.25, 0.3) is 11.5 Å². The van der Waals surface area contributed by atoms with Gasteiger partial charge in [-0.2, -0.15) is 0 Å². The van der Waals surface area contributed by atoms with Gasteiger partial charge in [-0.25, -0.2) is 19.6 Å². The van der Waals surface area contributed by atoms with Gasteiger partial charge in [-0.15, -0.1) is 0 Å². The van der Waals surface area contributed by atoms with E-state index in [2.05, 4.69) is 20.6 Å². The summed E-state index contributed by atoms with van der Waals surface area (Å²) in [6.07, 6.45) is 2.37. The zero-order chi connectivity index (χ0) is 30.3. The average Bonchev–Trinajstić information content (AvgIpc) is 3.70. The van der Waals surface area contributed by atoms with Gasteiger partial charge in [-0.1, -0.05) is 23.7 Å². The quantitative estimate of drug-likeness (QED) is 0.328. The van der Waals surface area contributed by atoms with E-state index in [9.17, 15) is 24.0 Å². The third kappa shape index (κ3) is 5.82. The number of benzene rings is 1. The number of pyridine rings is 1. The number of fused-ring (bicyclic) bond motifs is 1. The second-order valence-electron chi connectivity index (χ2n) is 11.1. The lowest BCUT2D eigenvalue weighted by Gasteiger charge is -2.40. The van der Waals surface area contributed by atoms with Gasteiger partial charge >= 0.3 is 12.1 Å². The zero-order valence-electron chi connectivity index (χ0n) is 23.1. The Balaban J connectivity index is 1.28. The smallest absolute Gasteiger partial charge is 0.404 e. The standard InChI is InChI=1S/C28H29ClN8O6/c29-18-3-1-17(2-4-18)12-32-24(39)19-11-20-23(37(25(19)40)14-22(38)35-15-28(16-35)5-6-28)31-13-21(33-20)36-10-9-34(27(36)43)8-7-30-26(41)42/h1-4,11,13,30H,5-10,12,14-16H2,(H,32,39)(H,41,42). The molecule has 1 spiro atoms. The second-order valence-corrected chi connectivity index (χ2v) is 11.5. The molecule has 0 unspecified atom stereocenters. The van der Waals surface area contributed by atoms with Gasteiger partial charge < -0.3 is 25.5 Å². The number of halogens is 1. The van der Waals surface area contributed by atoms with E-state index in [0.29, 0.717) is 24.7 Å². The fraction of sp³-hybridized carbons (Fsp3) is 0.393. The maximum Gasteiger partial charge on any atom is 0.404 e. The highest BCUT2D eigenvalue weighted by molar-refractivity contribution is 6.30. The molecule has 5 amide bonds. The average molecular weight is 609 g/mol. The van der Waals surface area contributed by atoms with Crippen LogP contribution >= 0.6 is 11.6 Å². The van der Waals surface area contributed by atoms with E-state index in [-0.39, 0.29) is 72.6 Å². The lowest BCUT2D eigenvalue weighted by molar-refractivity contribution is -0.139. The van der Waals surface area contributed by atoms with Crippen LogP contribution in [0.3, 0.4) is 0 Å². The van der Waals surface area contributed by atoms with Crippen LogP contribution < -0.4 is 21.1 Å². The summed E-state index contributed by atoms with van der Waals surface area (Å²) < 4.78 is 1.17. The molecule has 224 valence electrons. The van der Waals surface area contributed by atoms with Gasteiger partial charge in [0.05, 0.1) is 6.20 Å². The Kier molecular flexibility index (Phi) is 7.38. The summed E-state index contributed by atoms with van der Waals surface area (Å²) in [6, 6.07) is 7.85. The van der Waals surface area contributed by atoms with E-state index in [1.54, 1.807) is 29.2 Å². The van der Waals surface area contributed by atoms with E-state index >= 15 is 0 Å². The minimum atomic E-state index is -1.18. The topological polar surface area (TPSA) is 170 Å². The number of anilines is 1. The molecule has 15 heteroatoms. The fourth-order valence-corrected chi connectivity index (χ4v) is 5.55. The molecule has 1 aliphatic carbocycles. The minimum Gasteiger partial charge on any atom is -0.465 e. The Bertz CT molecular complexity index is 1680. The van der Waals surface area contributed by atoms with Gasteiger partial charge in [0.2, 0.25) is 5.91 Å². The molecule has 4 heterocycles. The van der Waals surface area contributed by atoms with Crippen molar-refractivity contribution >= 4 is 52.5 Å². The molecule has 0 radical (unpaired) electrons. The number of amides is 5. The Morgan fingerprint density at radius 2 is 1.79 bits per heavy atom. The van der Waals surface area contributed by atoms with E-state index in [1.807, 2.05) is 0 Å². The number of hydrogen-bond acceptors (Lipinski definition) is 7. The number of aromatic nitrogens is 3. The number of nitrogens with one attached hydrogen (secondary N) is 2. The number of rotatable bonds is 9. The van der Waals surface area contributed by atoms with E-state index in [1.165, 1.54) is 26.6 Å². The SMILES string of the molecule is O=C(O)NCCN1CCN(c2cnc3c(cc(C(=O)NCc4ccc(Cl)cc4)c(=O)n3CC(=O)N3CC4(CC4)C3)n2)C1=O. The van der Waals surface area contributed by atoms with Crippen molar-refractivity contribution in [2.75, 3.05) is 44.2 Å². The monoisotopic (exact) mass is 608 g/mol. The third-order valence-corrected chi connectivity index (χ3v) is 8.33. The molecule has 3 N–H and O–H groups in total.